The molecule has 5 nitrogen and oxygen atoms in total. The number of benzene rings is 1. The van der Waals surface area contributed by atoms with Crippen LogP contribution in [0.15, 0.2) is 16.9 Å². The van der Waals surface area contributed by atoms with E-state index in [1.54, 1.807) is 16.7 Å². The predicted octanol–water partition coefficient (Wildman–Crippen LogP) is 2.63. The van der Waals surface area contributed by atoms with Crippen LogP contribution in [0.4, 0.5) is 0 Å². The van der Waals surface area contributed by atoms with Crippen LogP contribution in [0.2, 0.25) is 0 Å². The maximum absolute atomic E-state index is 12.5. The van der Waals surface area contributed by atoms with E-state index in [1.807, 2.05) is 6.92 Å². The molecule has 0 bridgehead atoms. The molecule has 106 valence electrons. The SMILES string of the molecule is CCCn1c(=S)[nH]c2cc3c(cc2c1=O)OCCCO3. The van der Waals surface area contributed by atoms with E-state index in [2.05, 4.69) is 4.98 Å². The van der Waals surface area contributed by atoms with Gasteiger partial charge >= 0.3 is 0 Å². The largest absolute Gasteiger partial charge is 0.490 e. The summed E-state index contributed by atoms with van der Waals surface area (Å²) in [5, 5.41) is 0.580. The van der Waals surface area contributed by atoms with E-state index in [4.69, 9.17) is 21.7 Å². The molecule has 0 aliphatic carbocycles. The molecule has 0 saturated carbocycles. The topological polar surface area (TPSA) is 56.2 Å². The Morgan fingerprint density at radius 2 is 2.00 bits per heavy atom. The number of ether oxygens (including phenoxy) is 2. The van der Waals surface area contributed by atoms with E-state index in [9.17, 15) is 4.79 Å². The number of nitrogens with zero attached hydrogens (tertiary/aromatic N) is 1. The Morgan fingerprint density at radius 1 is 1.30 bits per heavy atom. The number of hydrogen-bond donors (Lipinski definition) is 1. The van der Waals surface area contributed by atoms with Crippen LogP contribution in [-0.2, 0) is 6.54 Å². The van der Waals surface area contributed by atoms with Gasteiger partial charge in [-0.1, -0.05) is 6.92 Å². The van der Waals surface area contributed by atoms with Crippen LogP contribution < -0.4 is 15.0 Å². The lowest BCUT2D eigenvalue weighted by Crippen LogP contribution is -2.22. The summed E-state index contributed by atoms with van der Waals surface area (Å²) >= 11 is 5.25. The zero-order chi connectivity index (χ0) is 14.1. The molecule has 0 fully saturated rings. The molecular weight excluding hydrogens is 276 g/mol. The fourth-order valence-electron chi connectivity index (χ4n) is 2.34. The van der Waals surface area contributed by atoms with Gasteiger partial charge in [-0.2, -0.15) is 0 Å². The Kier molecular flexibility index (Phi) is 3.48. The third kappa shape index (κ3) is 2.20. The highest BCUT2D eigenvalue weighted by Gasteiger charge is 2.14. The van der Waals surface area contributed by atoms with Gasteiger partial charge in [0.2, 0.25) is 0 Å². The summed E-state index contributed by atoms with van der Waals surface area (Å²) in [5.74, 6) is 1.29. The molecule has 6 heteroatoms. The number of hydrogen-bond acceptors (Lipinski definition) is 4. The van der Waals surface area contributed by atoms with Crippen LogP contribution in [0.5, 0.6) is 11.5 Å². The lowest BCUT2D eigenvalue weighted by atomic mass is 10.2. The smallest absolute Gasteiger partial charge is 0.262 e. The molecular formula is C14H16N2O3S. The van der Waals surface area contributed by atoms with Crippen LogP contribution in [0.3, 0.4) is 0 Å². The van der Waals surface area contributed by atoms with Crippen molar-refractivity contribution in [1.29, 1.82) is 0 Å². The Balaban J connectivity index is 2.27. The minimum absolute atomic E-state index is 0.0822. The van der Waals surface area contributed by atoms with Crippen molar-refractivity contribution in [2.45, 2.75) is 26.3 Å². The van der Waals surface area contributed by atoms with Gasteiger partial charge in [-0.3, -0.25) is 9.36 Å². The van der Waals surface area contributed by atoms with Crippen molar-refractivity contribution in [2.75, 3.05) is 13.2 Å². The van der Waals surface area contributed by atoms with Crippen molar-refractivity contribution in [1.82, 2.24) is 9.55 Å². The molecule has 0 spiro atoms. The zero-order valence-electron chi connectivity index (χ0n) is 11.3. The second-order valence-electron chi connectivity index (χ2n) is 4.78. The van der Waals surface area contributed by atoms with E-state index in [1.165, 1.54) is 0 Å². The van der Waals surface area contributed by atoms with Crippen LogP contribution in [0.1, 0.15) is 19.8 Å². The van der Waals surface area contributed by atoms with E-state index in [-0.39, 0.29) is 5.56 Å². The fraction of sp³-hybridized carbons (Fsp3) is 0.429. The van der Waals surface area contributed by atoms with Crippen LogP contribution in [0, 0.1) is 4.77 Å². The monoisotopic (exact) mass is 292 g/mol. The molecule has 0 atom stereocenters. The summed E-state index contributed by atoms with van der Waals surface area (Å²) in [7, 11) is 0. The van der Waals surface area contributed by atoms with Crippen molar-refractivity contribution in [3.63, 3.8) is 0 Å². The quantitative estimate of drug-likeness (QED) is 0.865. The van der Waals surface area contributed by atoms with Crippen molar-refractivity contribution < 1.29 is 9.47 Å². The molecule has 1 aliphatic heterocycles. The summed E-state index contributed by atoms with van der Waals surface area (Å²) in [6.45, 7) is 3.84. The molecule has 2 aromatic rings. The van der Waals surface area contributed by atoms with Gasteiger partial charge in [0.15, 0.2) is 16.3 Å². The number of fused-ring (bicyclic) bond motifs is 2. The Morgan fingerprint density at radius 3 is 2.70 bits per heavy atom. The van der Waals surface area contributed by atoms with Gasteiger partial charge in [0.05, 0.1) is 24.1 Å². The summed E-state index contributed by atoms with van der Waals surface area (Å²) in [6.07, 6.45) is 1.69. The van der Waals surface area contributed by atoms with Crippen molar-refractivity contribution in [3.8, 4) is 11.5 Å². The first-order valence-electron chi connectivity index (χ1n) is 6.77. The molecule has 0 radical (unpaired) electrons. The third-order valence-electron chi connectivity index (χ3n) is 3.30. The molecule has 0 saturated heterocycles. The molecule has 1 aliphatic rings. The van der Waals surface area contributed by atoms with Crippen molar-refractivity contribution >= 4 is 23.1 Å². The van der Waals surface area contributed by atoms with Crippen LogP contribution >= 0.6 is 12.2 Å². The highest BCUT2D eigenvalue weighted by Crippen LogP contribution is 2.32. The van der Waals surface area contributed by atoms with Crippen LogP contribution in [-0.4, -0.2) is 22.8 Å². The highest BCUT2D eigenvalue weighted by atomic mass is 32.1. The number of nitrogens with one attached hydrogen (secondary N) is 1. The zero-order valence-corrected chi connectivity index (χ0v) is 12.1. The summed E-state index contributed by atoms with van der Waals surface area (Å²) in [5.41, 5.74) is 0.609. The maximum Gasteiger partial charge on any atom is 0.262 e. The van der Waals surface area contributed by atoms with Gasteiger partial charge < -0.3 is 14.5 Å². The minimum Gasteiger partial charge on any atom is -0.490 e. The summed E-state index contributed by atoms with van der Waals surface area (Å²) in [4.78, 5) is 15.6. The molecule has 20 heavy (non-hydrogen) atoms. The lowest BCUT2D eigenvalue weighted by Gasteiger charge is -2.11. The van der Waals surface area contributed by atoms with Gasteiger partial charge in [-0.05, 0) is 24.7 Å². The third-order valence-corrected chi connectivity index (χ3v) is 3.62. The average Bonchev–Trinajstić information content (AvgIpc) is 2.66. The van der Waals surface area contributed by atoms with E-state index in [0.717, 1.165) is 12.8 Å². The average molecular weight is 292 g/mol. The van der Waals surface area contributed by atoms with Gasteiger partial charge in [0.25, 0.3) is 5.56 Å². The van der Waals surface area contributed by atoms with Gasteiger partial charge in [-0.15, -0.1) is 0 Å². The molecule has 1 N–H and O–H groups in total. The highest BCUT2D eigenvalue weighted by molar-refractivity contribution is 7.71. The summed E-state index contributed by atoms with van der Waals surface area (Å²) in [6, 6.07) is 3.54. The van der Waals surface area contributed by atoms with Gasteiger partial charge in [-0.25, -0.2) is 0 Å². The van der Waals surface area contributed by atoms with E-state index < -0.39 is 0 Å². The number of aromatic amines is 1. The molecule has 1 aromatic carbocycles. The summed E-state index contributed by atoms with van der Waals surface area (Å²) < 4.78 is 13.3. The number of aromatic nitrogens is 2. The second kappa shape index (κ2) is 5.28. The molecule has 0 amide bonds. The predicted molar refractivity (Wildman–Crippen MR) is 79.3 cm³/mol. The van der Waals surface area contributed by atoms with Crippen molar-refractivity contribution in [3.05, 3.63) is 27.3 Å². The minimum atomic E-state index is -0.0822. The Bertz CT molecular complexity index is 763. The lowest BCUT2D eigenvalue weighted by molar-refractivity contribution is 0.297. The first-order valence-corrected chi connectivity index (χ1v) is 7.18. The normalized spacial score (nSPS) is 14.2. The number of rotatable bonds is 2. The van der Waals surface area contributed by atoms with Gasteiger partial charge in [0.1, 0.15) is 0 Å². The van der Waals surface area contributed by atoms with Crippen molar-refractivity contribution in [2.24, 2.45) is 0 Å². The molecule has 3 rings (SSSR count). The van der Waals surface area contributed by atoms with Crippen LogP contribution in [0.25, 0.3) is 10.9 Å². The standard InChI is InChI=1S/C14H16N2O3S/c1-2-4-16-13(17)9-7-11-12(19-6-3-5-18-11)8-10(9)15-14(16)20/h7-8H,2-6H2,1H3,(H,15,20). The number of H-pyrrole nitrogens is 1. The first-order chi connectivity index (χ1) is 9.70. The molecule has 0 unspecified atom stereocenters. The molecule has 2 heterocycles. The maximum atomic E-state index is 12.5. The second-order valence-corrected chi connectivity index (χ2v) is 5.17. The van der Waals surface area contributed by atoms with E-state index >= 15 is 0 Å². The molecule has 1 aromatic heterocycles. The van der Waals surface area contributed by atoms with Gasteiger partial charge in [0, 0.05) is 19.0 Å². The Labute approximate surface area is 121 Å². The fourth-order valence-corrected chi connectivity index (χ4v) is 2.62. The van der Waals surface area contributed by atoms with E-state index in [0.29, 0.717) is 46.9 Å². The first kappa shape index (κ1) is 13.2. The Hall–Kier alpha value is -1.82.